The molecular weight excluding hydrogens is 324 g/mol. The molecule has 128 valence electrons. The van der Waals surface area contributed by atoms with Gasteiger partial charge >= 0.3 is 0 Å². The van der Waals surface area contributed by atoms with Gasteiger partial charge in [0, 0.05) is 33.8 Å². The fraction of sp³-hybridized carbons (Fsp3) is 0.0909. The lowest BCUT2D eigenvalue weighted by molar-refractivity contribution is 0.415. The van der Waals surface area contributed by atoms with Crippen molar-refractivity contribution in [2.75, 3.05) is 7.11 Å². The van der Waals surface area contributed by atoms with Gasteiger partial charge in [-0.25, -0.2) is 0 Å². The smallest absolute Gasteiger partial charge is 0.192 e. The number of pyridine rings is 2. The fourth-order valence-electron chi connectivity index (χ4n) is 3.10. The minimum atomic E-state index is 0.0496. The van der Waals surface area contributed by atoms with Crippen LogP contribution in [0.4, 0.5) is 0 Å². The lowest BCUT2D eigenvalue weighted by atomic mass is 10.0. The Bertz CT molecular complexity index is 1130. The molecule has 0 amide bonds. The van der Waals surface area contributed by atoms with Crippen molar-refractivity contribution < 1.29 is 4.74 Å². The van der Waals surface area contributed by atoms with Crippen molar-refractivity contribution in [1.82, 2.24) is 9.97 Å². The van der Waals surface area contributed by atoms with E-state index in [0.29, 0.717) is 10.9 Å². The molecule has 0 spiro atoms. The molecule has 4 nitrogen and oxygen atoms in total. The predicted molar refractivity (Wildman–Crippen MR) is 105 cm³/mol. The Balaban J connectivity index is 1.76. The highest BCUT2D eigenvalue weighted by molar-refractivity contribution is 5.83. The largest absolute Gasteiger partial charge is 0.497 e. The Morgan fingerprint density at radius 1 is 0.923 bits per heavy atom. The molecule has 0 unspecified atom stereocenters. The van der Waals surface area contributed by atoms with E-state index >= 15 is 0 Å². The van der Waals surface area contributed by atoms with Crippen molar-refractivity contribution in [3.8, 4) is 28.3 Å². The fourth-order valence-corrected chi connectivity index (χ4v) is 3.10. The Kier molecular flexibility index (Phi) is 4.01. The maximum atomic E-state index is 12.6. The van der Waals surface area contributed by atoms with Gasteiger partial charge in [0.1, 0.15) is 5.75 Å². The molecule has 0 saturated carbocycles. The quantitative estimate of drug-likeness (QED) is 0.593. The van der Waals surface area contributed by atoms with Gasteiger partial charge in [-0.15, -0.1) is 0 Å². The summed E-state index contributed by atoms with van der Waals surface area (Å²) in [4.78, 5) is 20.6. The van der Waals surface area contributed by atoms with Gasteiger partial charge in [0.2, 0.25) is 0 Å². The number of nitrogens with zero attached hydrogens (tertiary/aromatic N) is 1. The van der Waals surface area contributed by atoms with E-state index in [-0.39, 0.29) is 5.43 Å². The topological polar surface area (TPSA) is 55.0 Å². The number of fused-ring (bicyclic) bond motifs is 1. The Hall–Kier alpha value is -3.40. The lowest BCUT2D eigenvalue weighted by Gasteiger charge is -2.09. The van der Waals surface area contributed by atoms with E-state index in [1.807, 2.05) is 67.6 Å². The van der Waals surface area contributed by atoms with Gasteiger partial charge in [-0.1, -0.05) is 12.1 Å². The zero-order valence-electron chi connectivity index (χ0n) is 14.6. The normalized spacial score (nSPS) is 10.8. The van der Waals surface area contributed by atoms with E-state index in [1.165, 1.54) is 0 Å². The van der Waals surface area contributed by atoms with Crippen molar-refractivity contribution >= 4 is 10.9 Å². The minimum absolute atomic E-state index is 0.0496. The third kappa shape index (κ3) is 2.75. The van der Waals surface area contributed by atoms with E-state index in [1.54, 1.807) is 13.3 Å². The van der Waals surface area contributed by atoms with E-state index in [0.717, 1.165) is 33.8 Å². The number of para-hydroxylation sites is 1. The number of hydrogen-bond donors (Lipinski definition) is 1. The SMILES string of the molecule is COc1ccc(-c2ccc(-c3[nH]c4ccccc4c(=O)c3C)cn2)cc1. The van der Waals surface area contributed by atoms with Gasteiger partial charge in [-0.05, 0) is 55.5 Å². The molecule has 0 aliphatic rings. The number of aromatic amines is 1. The van der Waals surface area contributed by atoms with Crippen molar-refractivity contribution in [3.63, 3.8) is 0 Å². The molecule has 0 aliphatic heterocycles. The number of hydrogen-bond acceptors (Lipinski definition) is 3. The average molecular weight is 342 g/mol. The Morgan fingerprint density at radius 3 is 2.35 bits per heavy atom. The van der Waals surface area contributed by atoms with Crippen molar-refractivity contribution in [3.05, 3.63) is 82.6 Å². The number of H-pyrrole nitrogens is 1. The number of rotatable bonds is 3. The standard InChI is InChI=1S/C22H18N2O2/c1-14-21(24-20-6-4-3-5-18(20)22(14)25)16-9-12-19(23-13-16)15-7-10-17(26-2)11-8-15/h3-13H,1-2H3,(H,24,25). The first-order chi connectivity index (χ1) is 12.7. The van der Waals surface area contributed by atoms with Gasteiger partial charge in [-0.2, -0.15) is 0 Å². The predicted octanol–water partition coefficient (Wildman–Crippen LogP) is 4.57. The summed E-state index contributed by atoms with van der Waals surface area (Å²) in [6.45, 7) is 1.85. The monoisotopic (exact) mass is 342 g/mol. The summed E-state index contributed by atoms with van der Waals surface area (Å²) in [5.74, 6) is 0.815. The molecule has 1 N–H and O–H groups in total. The maximum absolute atomic E-state index is 12.6. The summed E-state index contributed by atoms with van der Waals surface area (Å²) in [5.41, 5.74) is 5.16. The van der Waals surface area contributed by atoms with Crippen LogP contribution in [0.15, 0.2) is 71.7 Å². The summed E-state index contributed by atoms with van der Waals surface area (Å²) < 4.78 is 5.19. The zero-order valence-corrected chi connectivity index (χ0v) is 14.6. The molecule has 0 saturated heterocycles. The molecule has 2 heterocycles. The number of methoxy groups -OCH3 is 1. The van der Waals surface area contributed by atoms with E-state index in [4.69, 9.17) is 4.74 Å². The molecule has 0 radical (unpaired) electrons. The molecule has 4 heteroatoms. The van der Waals surface area contributed by atoms with Crippen LogP contribution in [0.3, 0.4) is 0 Å². The molecule has 2 aromatic heterocycles. The van der Waals surface area contributed by atoms with Gasteiger partial charge in [0.05, 0.1) is 18.5 Å². The summed E-state index contributed by atoms with van der Waals surface area (Å²) in [6, 6.07) is 19.3. The van der Waals surface area contributed by atoms with Crippen molar-refractivity contribution in [1.29, 1.82) is 0 Å². The van der Waals surface area contributed by atoms with Crippen LogP contribution < -0.4 is 10.2 Å². The maximum Gasteiger partial charge on any atom is 0.192 e. The Labute approximate surface area is 151 Å². The van der Waals surface area contributed by atoms with E-state index < -0.39 is 0 Å². The van der Waals surface area contributed by atoms with Crippen LogP contribution in [-0.4, -0.2) is 17.1 Å². The first-order valence-electron chi connectivity index (χ1n) is 8.40. The molecular formula is C22H18N2O2. The average Bonchev–Trinajstić information content (AvgIpc) is 2.71. The van der Waals surface area contributed by atoms with Crippen LogP contribution in [-0.2, 0) is 0 Å². The molecule has 4 rings (SSSR count). The lowest BCUT2D eigenvalue weighted by Crippen LogP contribution is -2.09. The number of benzene rings is 2. The first-order valence-corrected chi connectivity index (χ1v) is 8.40. The van der Waals surface area contributed by atoms with Crippen LogP contribution in [0.1, 0.15) is 5.56 Å². The molecule has 0 atom stereocenters. The van der Waals surface area contributed by atoms with Crippen LogP contribution in [0.25, 0.3) is 33.4 Å². The van der Waals surface area contributed by atoms with Crippen LogP contribution in [0.5, 0.6) is 5.75 Å². The number of nitrogens with one attached hydrogen (secondary N) is 1. The summed E-state index contributed by atoms with van der Waals surface area (Å²) >= 11 is 0. The van der Waals surface area contributed by atoms with Crippen LogP contribution >= 0.6 is 0 Å². The molecule has 0 aliphatic carbocycles. The minimum Gasteiger partial charge on any atom is -0.497 e. The van der Waals surface area contributed by atoms with Gasteiger partial charge in [0.25, 0.3) is 0 Å². The molecule has 0 fully saturated rings. The Morgan fingerprint density at radius 2 is 1.65 bits per heavy atom. The second kappa shape index (κ2) is 6.48. The molecule has 2 aromatic carbocycles. The molecule has 4 aromatic rings. The van der Waals surface area contributed by atoms with E-state index in [2.05, 4.69) is 9.97 Å². The second-order valence-electron chi connectivity index (χ2n) is 6.16. The van der Waals surface area contributed by atoms with Gasteiger partial charge in [0.15, 0.2) is 5.43 Å². The number of aromatic nitrogens is 2. The highest BCUT2D eigenvalue weighted by Crippen LogP contribution is 2.25. The summed E-state index contributed by atoms with van der Waals surface area (Å²) in [7, 11) is 1.65. The van der Waals surface area contributed by atoms with Crippen molar-refractivity contribution in [2.24, 2.45) is 0 Å². The third-order valence-corrected chi connectivity index (χ3v) is 4.58. The number of ether oxygens (including phenoxy) is 1. The third-order valence-electron chi connectivity index (χ3n) is 4.58. The highest BCUT2D eigenvalue weighted by Gasteiger charge is 2.10. The highest BCUT2D eigenvalue weighted by atomic mass is 16.5. The van der Waals surface area contributed by atoms with E-state index in [9.17, 15) is 4.79 Å². The summed E-state index contributed by atoms with van der Waals surface area (Å²) in [6.07, 6.45) is 1.80. The second-order valence-corrected chi connectivity index (χ2v) is 6.16. The molecule has 26 heavy (non-hydrogen) atoms. The van der Waals surface area contributed by atoms with Crippen molar-refractivity contribution in [2.45, 2.75) is 6.92 Å². The first kappa shape index (κ1) is 16.1. The van der Waals surface area contributed by atoms with Gasteiger partial charge in [-0.3, -0.25) is 9.78 Å². The summed E-state index contributed by atoms with van der Waals surface area (Å²) in [5, 5.41) is 0.705. The van der Waals surface area contributed by atoms with Crippen LogP contribution in [0, 0.1) is 6.92 Å². The van der Waals surface area contributed by atoms with Gasteiger partial charge < -0.3 is 9.72 Å². The molecule has 0 bridgehead atoms. The zero-order chi connectivity index (χ0) is 18.1. The van der Waals surface area contributed by atoms with Crippen LogP contribution in [0.2, 0.25) is 0 Å².